The second-order valence-corrected chi connectivity index (χ2v) is 19.2. The summed E-state index contributed by atoms with van der Waals surface area (Å²) in [5, 5.41) is 0. The standard InChI is InChI=1S/C58H108O6/c1-4-7-10-13-16-19-22-24-26-28-30-31-33-36-39-42-45-48-51-57(60)63-54-55(53-62-56(59)50-47-44-41-38-35-21-18-15-12-9-6-3)64-58(61)52-49-46-43-40-37-34-32-29-27-25-23-20-17-14-11-8-5-2/h17,20,25,27,55H,4-16,18-19,21-24,26,28-54H2,1-3H3/b20-17-,27-25-. The van der Waals surface area contributed by atoms with E-state index in [9.17, 15) is 14.4 Å². The second-order valence-electron chi connectivity index (χ2n) is 19.2. The van der Waals surface area contributed by atoms with Crippen LogP contribution in [-0.2, 0) is 28.6 Å². The highest BCUT2D eigenvalue weighted by molar-refractivity contribution is 5.71. The Kier molecular flexibility index (Phi) is 51.7. The molecule has 0 heterocycles. The summed E-state index contributed by atoms with van der Waals surface area (Å²) in [6.45, 7) is 6.65. The van der Waals surface area contributed by atoms with Crippen LogP contribution in [-0.4, -0.2) is 37.2 Å². The summed E-state index contributed by atoms with van der Waals surface area (Å²) in [4.78, 5) is 38.1. The molecule has 0 saturated carbocycles. The number of unbranched alkanes of at least 4 members (excludes halogenated alkanes) is 37. The van der Waals surface area contributed by atoms with E-state index in [0.29, 0.717) is 19.3 Å². The van der Waals surface area contributed by atoms with Gasteiger partial charge in [0.1, 0.15) is 13.2 Å². The van der Waals surface area contributed by atoms with Crippen molar-refractivity contribution in [1.82, 2.24) is 0 Å². The van der Waals surface area contributed by atoms with Crippen LogP contribution in [0.15, 0.2) is 24.3 Å². The van der Waals surface area contributed by atoms with Crippen molar-refractivity contribution < 1.29 is 28.6 Å². The van der Waals surface area contributed by atoms with E-state index >= 15 is 0 Å². The monoisotopic (exact) mass is 901 g/mol. The maximum atomic E-state index is 12.8. The number of carbonyl (C=O) groups is 3. The number of allylic oxidation sites excluding steroid dienone is 4. The Labute approximate surface area is 398 Å². The van der Waals surface area contributed by atoms with Gasteiger partial charge in [0.25, 0.3) is 0 Å². The zero-order valence-corrected chi connectivity index (χ0v) is 43.1. The first-order chi connectivity index (χ1) is 31.5. The first-order valence-corrected chi connectivity index (χ1v) is 28.3. The normalized spacial score (nSPS) is 12.1. The number of esters is 3. The summed E-state index contributed by atoms with van der Waals surface area (Å²) in [5.74, 6) is -0.858. The van der Waals surface area contributed by atoms with Gasteiger partial charge in [0, 0.05) is 19.3 Å². The minimum atomic E-state index is -0.770. The highest BCUT2D eigenvalue weighted by atomic mass is 16.6. The van der Waals surface area contributed by atoms with Crippen LogP contribution in [0.3, 0.4) is 0 Å². The van der Waals surface area contributed by atoms with Crippen molar-refractivity contribution in [2.24, 2.45) is 0 Å². The summed E-state index contributed by atoms with van der Waals surface area (Å²) in [6.07, 6.45) is 61.6. The van der Waals surface area contributed by atoms with Gasteiger partial charge >= 0.3 is 17.9 Å². The third kappa shape index (κ3) is 50.9. The molecule has 376 valence electrons. The van der Waals surface area contributed by atoms with Gasteiger partial charge in [0.2, 0.25) is 0 Å². The molecular formula is C58H108O6. The fraction of sp³-hybridized carbons (Fsp3) is 0.879. The van der Waals surface area contributed by atoms with E-state index in [4.69, 9.17) is 14.2 Å². The fourth-order valence-corrected chi connectivity index (χ4v) is 8.42. The van der Waals surface area contributed by atoms with Crippen LogP contribution >= 0.6 is 0 Å². The lowest BCUT2D eigenvalue weighted by Crippen LogP contribution is -2.30. The lowest BCUT2D eigenvalue weighted by molar-refractivity contribution is -0.167. The molecule has 0 aromatic rings. The molecule has 0 aromatic heterocycles. The van der Waals surface area contributed by atoms with Gasteiger partial charge in [-0.1, -0.05) is 263 Å². The SMILES string of the molecule is CCCCC/C=C\C/C=C\CCCCCCCCCC(=O)OC(COC(=O)CCCCCCCCCCCCC)COC(=O)CCCCCCCCCCCCCCCCCCCC. The van der Waals surface area contributed by atoms with Crippen molar-refractivity contribution in [2.75, 3.05) is 13.2 Å². The summed E-state index contributed by atoms with van der Waals surface area (Å²) >= 11 is 0. The van der Waals surface area contributed by atoms with Gasteiger partial charge in [-0.25, -0.2) is 0 Å². The molecule has 0 aliphatic rings. The lowest BCUT2D eigenvalue weighted by atomic mass is 10.0. The van der Waals surface area contributed by atoms with Gasteiger partial charge in [-0.2, -0.15) is 0 Å². The third-order valence-electron chi connectivity index (χ3n) is 12.7. The van der Waals surface area contributed by atoms with Crippen molar-refractivity contribution in [3.05, 3.63) is 24.3 Å². The molecule has 0 fully saturated rings. The highest BCUT2D eigenvalue weighted by Crippen LogP contribution is 2.17. The van der Waals surface area contributed by atoms with Gasteiger partial charge < -0.3 is 14.2 Å². The minimum Gasteiger partial charge on any atom is -0.462 e. The molecule has 0 aliphatic heterocycles. The minimum absolute atomic E-state index is 0.0692. The van der Waals surface area contributed by atoms with E-state index in [1.54, 1.807) is 0 Å². The van der Waals surface area contributed by atoms with Crippen LogP contribution in [0, 0.1) is 0 Å². The molecule has 64 heavy (non-hydrogen) atoms. The molecule has 6 heteroatoms. The lowest BCUT2D eigenvalue weighted by Gasteiger charge is -2.18. The molecule has 1 atom stereocenters. The van der Waals surface area contributed by atoms with E-state index in [-0.39, 0.29) is 31.1 Å². The van der Waals surface area contributed by atoms with Gasteiger partial charge in [0.05, 0.1) is 0 Å². The Morgan fingerprint density at radius 3 is 0.891 bits per heavy atom. The number of hydrogen-bond acceptors (Lipinski definition) is 6. The van der Waals surface area contributed by atoms with E-state index in [1.165, 1.54) is 199 Å². The number of carbonyl (C=O) groups excluding carboxylic acids is 3. The van der Waals surface area contributed by atoms with Crippen molar-refractivity contribution in [3.63, 3.8) is 0 Å². The molecule has 0 radical (unpaired) electrons. The molecule has 6 nitrogen and oxygen atoms in total. The van der Waals surface area contributed by atoms with E-state index < -0.39 is 6.10 Å². The van der Waals surface area contributed by atoms with Gasteiger partial charge in [-0.05, 0) is 51.4 Å². The molecule has 0 aromatic carbocycles. The number of rotatable bonds is 52. The van der Waals surface area contributed by atoms with E-state index in [2.05, 4.69) is 45.1 Å². The predicted octanol–water partition coefficient (Wildman–Crippen LogP) is 18.7. The van der Waals surface area contributed by atoms with Crippen LogP contribution in [0.4, 0.5) is 0 Å². The summed E-state index contributed by atoms with van der Waals surface area (Å²) < 4.78 is 16.8. The van der Waals surface area contributed by atoms with Gasteiger partial charge in [-0.3, -0.25) is 14.4 Å². The Balaban J connectivity index is 4.30. The molecule has 0 N–H and O–H groups in total. The Bertz CT molecular complexity index is 1040. The molecule has 0 spiro atoms. The quantitative estimate of drug-likeness (QED) is 0.0262. The highest BCUT2D eigenvalue weighted by Gasteiger charge is 2.19. The Hall–Kier alpha value is -2.11. The molecule has 0 saturated heterocycles. The summed E-state index contributed by atoms with van der Waals surface area (Å²) in [7, 11) is 0. The smallest absolute Gasteiger partial charge is 0.306 e. The van der Waals surface area contributed by atoms with Crippen LogP contribution in [0.1, 0.15) is 310 Å². The fourth-order valence-electron chi connectivity index (χ4n) is 8.42. The average Bonchev–Trinajstić information content (AvgIpc) is 3.29. The summed E-state index contributed by atoms with van der Waals surface area (Å²) in [6, 6.07) is 0. The molecule has 0 aliphatic carbocycles. The van der Waals surface area contributed by atoms with E-state index in [0.717, 1.165) is 70.6 Å². The Morgan fingerprint density at radius 2 is 0.562 bits per heavy atom. The van der Waals surface area contributed by atoms with Crippen LogP contribution in [0.2, 0.25) is 0 Å². The zero-order chi connectivity index (χ0) is 46.5. The average molecular weight is 901 g/mol. The Morgan fingerprint density at radius 1 is 0.312 bits per heavy atom. The maximum Gasteiger partial charge on any atom is 0.306 e. The molecule has 0 amide bonds. The maximum absolute atomic E-state index is 12.8. The predicted molar refractivity (Wildman–Crippen MR) is 275 cm³/mol. The van der Waals surface area contributed by atoms with Gasteiger partial charge in [0.15, 0.2) is 6.10 Å². The molecule has 0 bridgehead atoms. The molecule has 1 unspecified atom stereocenters. The van der Waals surface area contributed by atoms with E-state index in [1.807, 2.05) is 0 Å². The third-order valence-corrected chi connectivity index (χ3v) is 12.7. The largest absolute Gasteiger partial charge is 0.462 e. The topological polar surface area (TPSA) is 78.9 Å². The van der Waals surface area contributed by atoms with Crippen molar-refractivity contribution >= 4 is 17.9 Å². The van der Waals surface area contributed by atoms with Crippen LogP contribution in [0.25, 0.3) is 0 Å². The number of hydrogen-bond donors (Lipinski definition) is 0. The molecular weight excluding hydrogens is 793 g/mol. The summed E-state index contributed by atoms with van der Waals surface area (Å²) in [5.41, 5.74) is 0. The zero-order valence-electron chi connectivity index (χ0n) is 43.1. The van der Waals surface area contributed by atoms with Gasteiger partial charge in [-0.15, -0.1) is 0 Å². The van der Waals surface area contributed by atoms with Crippen molar-refractivity contribution in [1.29, 1.82) is 0 Å². The first-order valence-electron chi connectivity index (χ1n) is 28.3. The number of ether oxygens (including phenoxy) is 3. The van der Waals surface area contributed by atoms with Crippen molar-refractivity contribution in [3.8, 4) is 0 Å². The first kappa shape index (κ1) is 61.9. The van der Waals surface area contributed by atoms with Crippen LogP contribution in [0.5, 0.6) is 0 Å². The second kappa shape index (κ2) is 53.5. The van der Waals surface area contributed by atoms with Crippen LogP contribution < -0.4 is 0 Å². The van der Waals surface area contributed by atoms with Crippen molar-refractivity contribution in [2.45, 2.75) is 316 Å². The molecule has 0 rings (SSSR count).